The normalized spacial score (nSPS) is 16.0. The Morgan fingerprint density at radius 1 is 1.16 bits per heavy atom. The Morgan fingerprint density at radius 3 is 2.66 bits per heavy atom. The number of aryl methyl sites for hydroxylation is 2. The van der Waals surface area contributed by atoms with Gasteiger partial charge in [0.15, 0.2) is 5.01 Å². The van der Waals surface area contributed by atoms with Crippen molar-refractivity contribution in [2.45, 2.75) is 91.5 Å². The number of carbonyl (C=O) groups is 1. The fraction of sp³-hybridized carbons (Fsp3) is 0.548. The van der Waals surface area contributed by atoms with Crippen LogP contribution in [0.3, 0.4) is 0 Å². The molecule has 1 aliphatic heterocycles. The number of aromatic nitrogens is 6. The molecule has 1 N–H and O–H groups in total. The fourth-order valence-corrected chi connectivity index (χ4v) is 6.46. The number of anilines is 1. The van der Waals surface area contributed by atoms with Crippen LogP contribution in [0, 0.1) is 13.8 Å². The van der Waals surface area contributed by atoms with Crippen LogP contribution in [0.5, 0.6) is 0 Å². The van der Waals surface area contributed by atoms with Gasteiger partial charge in [0.25, 0.3) is 0 Å². The summed E-state index contributed by atoms with van der Waals surface area (Å²) < 4.78 is 18.2. The smallest absolute Gasteiger partial charge is 0.410 e. The number of pyridine rings is 1. The lowest BCUT2D eigenvalue weighted by Gasteiger charge is -2.34. The number of likely N-dealkylation sites (tertiary alicyclic amines) is 1. The van der Waals surface area contributed by atoms with Crippen molar-refractivity contribution in [3.8, 4) is 22.0 Å². The number of piperidine rings is 1. The van der Waals surface area contributed by atoms with Gasteiger partial charge in [-0.05, 0) is 82.7 Å². The summed E-state index contributed by atoms with van der Waals surface area (Å²) in [6, 6.07) is 5.18. The first kappa shape index (κ1) is 32.0. The summed E-state index contributed by atoms with van der Waals surface area (Å²) in [5, 5.41) is 5.25. The van der Waals surface area contributed by atoms with Gasteiger partial charge >= 0.3 is 6.09 Å². The van der Waals surface area contributed by atoms with Crippen molar-refractivity contribution in [2.24, 2.45) is 0 Å². The molecule has 5 rings (SSSR count). The molecule has 4 aromatic rings. The first-order valence-corrected chi connectivity index (χ1v) is 19.7. The van der Waals surface area contributed by atoms with Gasteiger partial charge in [-0.25, -0.2) is 24.7 Å². The van der Waals surface area contributed by atoms with E-state index in [2.05, 4.69) is 56.1 Å². The molecule has 1 atom stereocenters. The summed E-state index contributed by atoms with van der Waals surface area (Å²) in [5.74, 6) is 1.27. The molecule has 11 nitrogen and oxygen atoms in total. The maximum atomic E-state index is 12.7. The maximum Gasteiger partial charge on any atom is 0.410 e. The van der Waals surface area contributed by atoms with Crippen LogP contribution in [0.15, 0.2) is 24.5 Å². The van der Waals surface area contributed by atoms with E-state index in [0.29, 0.717) is 32.4 Å². The number of fused-ring (bicyclic) bond motifs is 1. The van der Waals surface area contributed by atoms with Crippen LogP contribution >= 0.6 is 11.5 Å². The van der Waals surface area contributed by atoms with Gasteiger partial charge in [-0.3, -0.25) is 0 Å². The first-order chi connectivity index (χ1) is 20.8. The number of amides is 1. The van der Waals surface area contributed by atoms with Crippen molar-refractivity contribution in [3.05, 3.63) is 35.9 Å². The van der Waals surface area contributed by atoms with Gasteiger partial charge in [0.1, 0.15) is 29.5 Å². The summed E-state index contributed by atoms with van der Waals surface area (Å²) >= 11 is 1.35. The standard InChI is InChI=1S/C31H44N8O3SSi/c1-20-16-32-29(34-22-10-9-13-38(17-22)30(40)42-31(3,4)5)36-26(20)24-18-39(19-41-14-15-44(6,7)8)27-23(24)11-12-25(35-27)28-33-21(2)37-43-28/h11-12,16,18,22H,9-10,13-15,17,19H2,1-8H3,(H,32,34,36)/t22-/m0/s1. The Labute approximate surface area is 264 Å². The van der Waals surface area contributed by atoms with Crippen molar-refractivity contribution in [2.75, 3.05) is 25.0 Å². The zero-order valence-electron chi connectivity index (χ0n) is 27.1. The number of hydrogen-bond donors (Lipinski definition) is 1. The third kappa shape index (κ3) is 7.99. The van der Waals surface area contributed by atoms with E-state index < -0.39 is 13.7 Å². The van der Waals surface area contributed by atoms with Gasteiger partial charge < -0.3 is 24.3 Å². The highest BCUT2D eigenvalue weighted by Crippen LogP contribution is 2.33. The molecule has 0 spiro atoms. The minimum absolute atomic E-state index is 0.0209. The number of nitrogens with zero attached hydrogens (tertiary/aromatic N) is 7. The summed E-state index contributed by atoms with van der Waals surface area (Å²) in [7, 11) is -1.22. The predicted molar refractivity (Wildman–Crippen MR) is 178 cm³/mol. The van der Waals surface area contributed by atoms with Crippen LogP contribution in [0.4, 0.5) is 10.7 Å². The maximum absolute atomic E-state index is 12.7. The lowest BCUT2D eigenvalue weighted by Crippen LogP contribution is -2.47. The van der Waals surface area contributed by atoms with Crippen molar-refractivity contribution in [1.82, 2.24) is 33.8 Å². The second-order valence-electron chi connectivity index (χ2n) is 13.7. The van der Waals surface area contributed by atoms with Crippen LogP contribution in [-0.2, 0) is 16.2 Å². The largest absolute Gasteiger partial charge is 0.444 e. The number of nitrogens with one attached hydrogen (secondary N) is 1. The topological polar surface area (TPSA) is 120 Å². The van der Waals surface area contributed by atoms with Crippen molar-refractivity contribution in [3.63, 3.8) is 0 Å². The van der Waals surface area contributed by atoms with Gasteiger partial charge in [-0.15, -0.1) is 0 Å². The third-order valence-electron chi connectivity index (χ3n) is 7.33. The Kier molecular flexibility index (Phi) is 9.38. The zero-order valence-corrected chi connectivity index (χ0v) is 28.9. The number of carbonyl (C=O) groups excluding carboxylic acids is 1. The Bertz CT molecular complexity index is 1620. The lowest BCUT2D eigenvalue weighted by molar-refractivity contribution is 0.0206. The monoisotopic (exact) mass is 636 g/mol. The van der Waals surface area contributed by atoms with Gasteiger partial charge in [-0.2, -0.15) is 4.37 Å². The molecule has 0 bridgehead atoms. The van der Waals surface area contributed by atoms with E-state index in [0.717, 1.165) is 63.3 Å². The molecule has 0 aromatic carbocycles. The second kappa shape index (κ2) is 12.9. The molecule has 4 aromatic heterocycles. The van der Waals surface area contributed by atoms with E-state index in [-0.39, 0.29) is 12.1 Å². The summed E-state index contributed by atoms with van der Waals surface area (Å²) in [4.78, 5) is 33.6. The van der Waals surface area contributed by atoms with Crippen molar-refractivity contribution < 1.29 is 14.3 Å². The van der Waals surface area contributed by atoms with Crippen LogP contribution in [-0.4, -0.2) is 79.3 Å². The van der Waals surface area contributed by atoms with Crippen molar-refractivity contribution in [1.29, 1.82) is 0 Å². The van der Waals surface area contributed by atoms with E-state index in [1.165, 1.54) is 11.5 Å². The Hall–Kier alpha value is -3.42. The fourth-order valence-electron chi connectivity index (χ4n) is 5.07. The number of rotatable bonds is 9. The molecule has 0 saturated carbocycles. The van der Waals surface area contributed by atoms with Crippen LogP contribution in [0.2, 0.25) is 25.7 Å². The highest BCUT2D eigenvalue weighted by atomic mass is 32.1. The van der Waals surface area contributed by atoms with Gasteiger partial charge in [-0.1, -0.05) is 19.6 Å². The molecule has 1 saturated heterocycles. The van der Waals surface area contributed by atoms with Gasteiger partial charge in [0.2, 0.25) is 5.95 Å². The van der Waals surface area contributed by atoms with E-state index in [9.17, 15) is 4.79 Å². The average Bonchev–Trinajstić information content (AvgIpc) is 3.54. The highest BCUT2D eigenvalue weighted by molar-refractivity contribution is 7.09. The Morgan fingerprint density at radius 2 is 1.95 bits per heavy atom. The minimum Gasteiger partial charge on any atom is -0.444 e. The molecule has 13 heteroatoms. The van der Waals surface area contributed by atoms with Gasteiger partial charge in [0, 0.05) is 57.2 Å². The molecule has 0 aliphatic carbocycles. The van der Waals surface area contributed by atoms with Crippen LogP contribution < -0.4 is 5.32 Å². The average molecular weight is 637 g/mol. The number of hydrogen-bond acceptors (Lipinski definition) is 10. The molecule has 1 fully saturated rings. The SMILES string of the molecule is Cc1nsc(-c2ccc3c(-c4nc(N[C@H]5CCCN(C(=O)OC(C)(C)C)C5)ncc4C)cn(COCC[Si](C)(C)C)c3n2)n1. The highest BCUT2D eigenvalue weighted by Gasteiger charge is 2.28. The van der Waals surface area contributed by atoms with E-state index in [1.54, 1.807) is 4.90 Å². The summed E-state index contributed by atoms with van der Waals surface area (Å²) in [6.45, 7) is 18.9. The molecular weight excluding hydrogens is 593 g/mol. The summed E-state index contributed by atoms with van der Waals surface area (Å²) in [6.07, 6.45) is 5.43. The van der Waals surface area contributed by atoms with E-state index in [4.69, 9.17) is 19.4 Å². The van der Waals surface area contributed by atoms with Crippen LogP contribution in [0.25, 0.3) is 33.0 Å². The Balaban J connectivity index is 1.42. The zero-order chi connectivity index (χ0) is 31.6. The molecule has 0 radical (unpaired) electrons. The molecule has 5 heterocycles. The molecular formula is C31H44N8O3SSi. The lowest BCUT2D eigenvalue weighted by atomic mass is 10.1. The molecule has 236 valence electrons. The molecule has 44 heavy (non-hydrogen) atoms. The molecule has 1 amide bonds. The predicted octanol–water partition coefficient (Wildman–Crippen LogP) is 6.75. The molecule has 1 aliphatic rings. The first-order valence-electron chi connectivity index (χ1n) is 15.2. The van der Waals surface area contributed by atoms with Crippen molar-refractivity contribution >= 4 is 42.7 Å². The minimum atomic E-state index is -1.22. The van der Waals surface area contributed by atoms with E-state index >= 15 is 0 Å². The quantitative estimate of drug-likeness (QED) is 0.157. The second-order valence-corrected chi connectivity index (χ2v) is 20.1. The van der Waals surface area contributed by atoms with Crippen LogP contribution in [0.1, 0.15) is 45.0 Å². The molecule has 0 unspecified atom stereocenters. The van der Waals surface area contributed by atoms with Gasteiger partial charge in [0.05, 0.1) is 5.69 Å². The third-order valence-corrected chi connectivity index (χ3v) is 9.86. The number of ether oxygens (including phenoxy) is 2. The summed E-state index contributed by atoms with van der Waals surface area (Å²) in [5.41, 5.74) is 3.81. The van der Waals surface area contributed by atoms with E-state index in [1.807, 2.05) is 46.9 Å².